The van der Waals surface area contributed by atoms with Crippen molar-refractivity contribution in [1.82, 2.24) is 0 Å². The van der Waals surface area contributed by atoms with Crippen molar-refractivity contribution in [3.05, 3.63) is 29.8 Å². The molecule has 0 radical (unpaired) electrons. The van der Waals surface area contributed by atoms with Crippen LogP contribution in [0.1, 0.15) is 51.7 Å². The summed E-state index contributed by atoms with van der Waals surface area (Å²) >= 11 is 0. The highest BCUT2D eigenvalue weighted by atomic mass is 16.5. The summed E-state index contributed by atoms with van der Waals surface area (Å²) in [4.78, 5) is 0. The van der Waals surface area contributed by atoms with Gasteiger partial charge in [0.1, 0.15) is 5.75 Å². The van der Waals surface area contributed by atoms with Crippen molar-refractivity contribution >= 4 is 0 Å². The van der Waals surface area contributed by atoms with Crippen molar-refractivity contribution in [1.29, 1.82) is 0 Å². The van der Waals surface area contributed by atoms with Gasteiger partial charge in [-0.2, -0.15) is 0 Å². The molecule has 0 saturated carbocycles. The van der Waals surface area contributed by atoms with Gasteiger partial charge in [0, 0.05) is 0 Å². The Morgan fingerprint density at radius 3 is 2.00 bits per heavy atom. The van der Waals surface area contributed by atoms with Crippen LogP contribution in [0.25, 0.3) is 0 Å². The number of rotatable bonds is 6. The molecule has 1 aromatic carbocycles. The van der Waals surface area contributed by atoms with E-state index in [1.165, 1.54) is 0 Å². The van der Waals surface area contributed by atoms with Gasteiger partial charge < -0.3 is 9.84 Å². The maximum absolute atomic E-state index is 9.65. The second kappa shape index (κ2) is 6.54. The van der Waals surface area contributed by atoms with E-state index in [-0.39, 0.29) is 6.10 Å². The molecule has 2 nitrogen and oxygen atoms in total. The van der Waals surface area contributed by atoms with Crippen molar-refractivity contribution in [2.75, 3.05) is 0 Å². The molecule has 0 spiro atoms. The van der Waals surface area contributed by atoms with Gasteiger partial charge in [0.2, 0.25) is 0 Å². The molecule has 2 heteroatoms. The third kappa shape index (κ3) is 3.53. The van der Waals surface area contributed by atoms with Gasteiger partial charge in [-0.05, 0) is 37.0 Å². The van der Waals surface area contributed by atoms with Crippen LogP contribution in [0.15, 0.2) is 24.3 Å². The van der Waals surface area contributed by atoms with E-state index >= 15 is 0 Å². The fraction of sp³-hybridized carbons (Fsp3) is 0.571. The first-order valence-electron chi connectivity index (χ1n) is 6.15. The van der Waals surface area contributed by atoms with Gasteiger partial charge >= 0.3 is 0 Å². The van der Waals surface area contributed by atoms with Gasteiger partial charge in [0.25, 0.3) is 0 Å². The highest BCUT2D eigenvalue weighted by molar-refractivity contribution is 5.28. The Balaban J connectivity index is 2.64. The van der Waals surface area contributed by atoms with Crippen molar-refractivity contribution in [3.63, 3.8) is 0 Å². The van der Waals surface area contributed by atoms with E-state index in [0.717, 1.165) is 30.6 Å². The smallest absolute Gasteiger partial charge is 0.119 e. The van der Waals surface area contributed by atoms with Crippen LogP contribution in [-0.4, -0.2) is 11.2 Å². The quantitative estimate of drug-likeness (QED) is 0.795. The molecule has 1 atom stereocenters. The number of benzene rings is 1. The lowest BCUT2D eigenvalue weighted by molar-refractivity contribution is 0.173. The lowest BCUT2D eigenvalue weighted by Gasteiger charge is -2.16. The molecule has 0 heterocycles. The molecule has 0 bridgehead atoms. The Bertz CT molecular complexity index is 288. The molecule has 1 rings (SSSR count). The van der Waals surface area contributed by atoms with Gasteiger partial charge in [-0.15, -0.1) is 0 Å². The van der Waals surface area contributed by atoms with Crippen LogP contribution in [0.3, 0.4) is 0 Å². The maximum Gasteiger partial charge on any atom is 0.119 e. The number of ether oxygens (including phenoxy) is 1. The predicted octanol–water partition coefficient (Wildman–Crippen LogP) is 3.70. The van der Waals surface area contributed by atoms with Crippen LogP contribution in [0.5, 0.6) is 5.75 Å². The maximum atomic E-state index is 9.65. The average Bonchev–Trinajstić information content (AvgIpc) is 2.35. The minimum Gasteiger partial charge on any atom is -0.490 e. The second-order valence-electron chi connectivity index (χ2n) is 4.05. The zero-order valence-electron chi connectivity index (χ0n) is 10.4. The topological polar surface area (TPSA) is 29.5 Å². The monoisotopic (exact) mass is 222 g/mol. The fourth-order valence-corrected chi connectivity index (χ4v) is 1.65. The molecule has 0 aliphatic rings. The highest BCUT2D eigenvalue weighted by Crippen LogP contribution is 2.21. The van der Waals surface area contributed by atoms with E-state index in [4.69, 9.17) is 4.74 Å². The Morgan fingerprint density at radius 2 is 1.56 bits per heavy atom. The largest absolute Gasteiger partial charge is 0.490 e. The summed E-state index contributed by atoms with van der Waals surface area (Å²) in [5.74, 6) is 0.890. The summed E-state index contributed by atoms with van der Waals surface area (Å²) < 4.78 is 5.80. The van der Waals surface area contributed by atoms with E-state index in [9.17, 15) is 5.11 Å². The Labute approximate surface area is 98.3 Å². The molecular formula is C14H22O2. The summed E-state index contributed by atoms with van der Waals surface area (Å²) in [6.45, 7) is 6.23. The summed E-state index contributed by atoms with van der Waals surface area (Å²) in [7, 11) is 0. The van der Waals surface area contributed by atoms with E-state index in [1.807, 2.05) is 31.2 Å². The average molecular weight is 222 g/mol. The Kier molecular flexibility index (Phi) is 5.33. The first kappa shape index (κ1) is 13.0. The summed E-state index contributed by atoms with van der Waals surface area (Å²) in [5.41, 5.74) is 0.958. The molecule has 0 unspecified atom stereocenters. The van der Waals surface area contributed by atoms with Crippen molar-refractivity contribution < 1.29 is 9.84 Å². The molecule has 0 saturated heterocycles. The highest BCUT2D eigenvalue weighted by Gasteiger charge is 2.07. The van der Waals surface area contributed by atoms with Crippen LogP contribution in [0, 0.1) is 0 Å². The van der Waals surface area contributed by atoms with Crippen LogP contribution in [-0.2, 0) is 0 Å². The fourth-order valence-electron chi connectivity index (χ4n) is 1.65. The summed E-state index contributed by atoms with van der Waals surface area (Å²) in [6.07, 6.45) is 2.72. The molecule has 1 N–H and O–H groups in total. The van der Waals surface area contributed by atoms with Gasteiger partial charge in [0.15, 0.2) is 0 Å². The lowest BCUT2D eigenvalue weighted by Crippen LogP contribution is -2.13. The normalized spacial score (nSPS) is 12.8. The van der Waals surface area contributed by atoms with Crippen molar-refractivity contribution in [3.8, 4) is 5.75 Å². The molecule has 0 aliphatic carbocycles. The zero-order valence-corrected chi connectivity index (χ0v) is 10.4. The summed E-state index contributed by atoms with van der Waals surface area (Å²) in [5, 5.41) is 9.65. The second-order valence-corrected chi connectivity index (χ2v) is 4.05. The number of hydrogen-bond acceptors (Lipinski definition) is 2. The van der Waals surface area contributed by atoms with Crippen LogP contribution >= 0.6 is 0 Å². The molecule has 0 aromatic heterocycles. The molecule has 0 fully saturated rings. The third-order valence-corrected chi connectivity index (χ3v) is 2.87. The third-order valence-electron chi connectivity index (χ3n) is 2.87. The van der Waals surface area contributed by atoms with Crippen molar-refractivity contribution in [2.45, 2.75) is 52.2 Å². The number of aliphatic hydroxyl groups excluding tert-OH is 1. The lowest BCUT2D eigenvalue weighted by atomic mass is 10.1. The number of hydrogen-bond donors (Lipinski definition) is 1. The standard InChI is InChI=1S/C14H22O2/c1-4-12(5-2)16-13-9-7-11(8-10-13)14(15)6-3/h7-10,12,14-15H,4-6H2,1-3H3/t14-/m1/s1. The first-order chi connectivity index (χ1) is 7.71. The molecular weight excluding hydrogens is 200 g/mol. The Morgan fingerprint density at radius 1 is 1.00 bits per heavy atom. The number of aliphatic hydroxyl groups is 1. The van der Waals surface area contributed by atoms with E-state index < -0.39 is 0 Å². The summed E-state index contributed by atoms with van der Waals surface area (Å²) in [6, 6.07) is 7.75. The molecule has 16 heavy (non-hydrogen) atoms. The van der Waals surface area contributed by atoms with Crippen LogP contribution < -0.4 is 4.74 Å². The van der Waals surface area contributed by atoms with Gasteiger partial charge in [-0.3, -0.25) is 0 Å². The van der Waals surface area contributed by atoms with E-state index in [2.05, 4.69) is 13.8 Å². The minimum absolute atomic E-state index is 0.293. The molecule has 0 aliphatic heterocycles. The van der Waals surface area contributed by atoms with Gasteiger partial charge in [0.05, 0.1) is 12.2 Å². The van der Waals surface area contributed by atoms with E-state index in [0.29, 0.717) is 6.10 Å². The molecule has 0 amide bonds. The van der Waals surface area contributed by atoms with Crippen molar-refractivity contribution in [2.24, 2.45) is 0 Å². The Hall–Kier alpha value is -1.02. The molecule has 1 aromatic rings. The van der Waals surface area contributed by atoms with Crippen LogP contribution in [0.4, 0.5) is 0 Å². The van der Waals surface area contributed by atoms with Gasteiger partial charge in [-0.25, -0.2) is 0 Å². The zero-order chi connectivity index (χ0) is 12.0. The SMILES string of the molecule is CCC(CC)Oc1ccc([C@H](O)CC)cc1. The van der Waals surface area contributed by atoms with E-state index in [1.54, 1.807) is 0 Å². The van der Waals surface area contributed by atoms with Crippen LogP contribution in [0.2, 0.25) is 0 Å². The minimum atomic E-state index is -0.359. The predicted molar refractivity (Wildman–Crippen MR) is 66.7 cm³/mol. The molecule has 90 valence electrons. The first-order valence-corrected chi connectivity index (χ1v) is 6.15. The van der Waals surface area contributed by atoms with Gasteiger partial charge in [-0.1, -0.05) is 32.9 Å².